The van der Waals surface area contributed by atoms with Gasteiger partial charge in [0.1, 0.15) is 0 Å². The lowest BCUT2D eigenvalue weighted by molar-refractivity contribution is -0.00573. The molecule has 0 aromatic carbocycles. The van der Waals surface area contributed by atoms with Crippen LogP contribution in [0.2, 0.25) is 0 Å². The normalized spacial score (nSPS) is 43.9. The molecule has 2 rings (SSSR count). The summed E-state index contributed by atoms with van der Waals surface area (Å²) in [7, 11) is 0. The Balaban J connectivity index is 2.07. The van der Waals surface area contributed by atoms with Gasteiger partial charge >= 0.3 is 0 Å². The second kappa shape index (κ2) is 2.76. The van der Waals surface area contributed by atoms with Crippen LogP contribution >= 0.6 is 0 Å². The van der Waals surface area contributed by atoms with Crippen LogP contribution < -0.4 is 0 Å². The highest BCUT2D eigenvalue weighted by Gasteiger charge is 2.37. The summed E-state index contributed by atoms with van der Waals surface area (Å²) in [6.07, 6.45) is 5.08. The molecule has 2 aliphatic rings. The van der Waals surface area contributed by atoms with E-state index in [1.54, 1.807) is 0 Å². The Bertz CT molecular complexity index is 136. The van der Waals surface area contributed by atoms with E-state index in [1.807, 2.05) is 0 Å². The topological polar surface area (TPSA) is 23.5 Å². The molecule has 2 heteroatoms. The first-order valence-corrected chi connectivity index (χ1v) is 4.68. The zero-order valence-corrected chi connectivity index (χ0v) is 7.05. The van der Waals surface area contributed by atoms with Crippen molar-refractivity contribution >= 4 is 0 Å². The number of hydrogen-bond acceptors (Lipinski definition) is 2. The van der Waals surface area contributed by atoms with Gasteiger partial charge in [-0.25, -0.2) is 0 Å². The highest BCUT2D eigenvalue weighted by Crippen LogP contribution is 2.37. The minimum Gasteiger partial charge on any atom is -0.396 e. The summed E-state index contributed by atoms with van der Waals surface area (Å²) < 4.78 is 0. The second-order valence-corrected chi connectivity index (χ2v) is 4.14. The summed E-state index contributed by atoms with van der Waals surface area (Å²) in [5, 5.41) is 9.27. The average molecular weight is 155 g/mol. The van der Waals surface area contributed by atoms with Crippen LogP contribution in [0.1, 0.15) is 25.7 Å². The van der Waals surface area contributed by atoms with E-state index in [0.29, 0.717) is 12.0 Å². The highest BCUT2D eigenvalue weighted by molar-refractivity contribution is 4.90. The van der Waals surface area contributed by atoms with Crippen LogP contribution in [0, 0.1) is 5.41 Å². The molecule has 0 aromatic heterocycles. The monoisotopic (exact) mass is 155 g/mol. The molecule has 2 bridgehead atoms. The van der Waals surface area contributed by atoms with Gasteiger partial charge in [-0.15, -0.1) is 0 Å². The van der Waals surface area contributed by atoms with E-state index in [9.17, 15) is 5.11 Å². The van der Waals surface area contributed by atoms with Crippen molar-refractivity contribution in [3.8, 4) is 0 Å². The minimum atomic E-state index is 0.302. The number of nitrogens with zero attached hydrogens (tertiary/aromatic N) is 1. The van der Waals surface area contributed by atoms with E-state index < -0.39 is 0 Å². The van der Waals surface area contributed by atoms with Gasteiger partial charge in [0.2, 0.25) is 0 Å². The molecule has 2 heterocycles. The van der Waals surface area contributed by atoms with E-state index in [4.69, 9.17) is 0 Å². The number of aliphatic hydroxyl groups is 1. The van der Waals surface area contributed by atoms with E-state index in [0.717, 1.165) is 6.54 Å². The third kappa shape index (κ3) is 1.30. The molecule has 2 aliphatic heterocycles. The van der Waals surface area contributed by atoms with Gasteiger partial charge in [0.05, 0.1) is 0 Å². The standard InChI is InChI=1S/C9H17NO/c11-8-9-3-1-5-10(7-9)6-2-4-9/h11H,1-8H2. The molecule has 0 unspecified atom stereocenters. The van der Waals surface area contributed by atoms with Gasteiger partial charge in [0.25, 0.3) is 0 Å². The molecule has 0 saturated carbocycles. The lowest BCUT2D eigenvalue weighted by Gasteiger charge is -2.46. The van der Waals surface area contributed by atoms with Gasteiger partial charge < -0.3 is 10.0 Å². The maximum absolute atomic E-state index is 9.27. The van der Waals surface area contributed by atoms with E-state index in [2.05, 4.69) is 4.90 Å². The van der Waals surface area contributed by atoms with Crippen molar-refractivity contribution in [3.63, 3.8) is 0 Å². The lowest BCUT2D eigenvalue weighted by atomic mass is 9.74. The van der Waals surface area contributed by atoms with Gasteiger partial charge in [0.15, 0.2) is 0 Å². The largest absolute Gasteiger partial charge is 0.396 e. The summed E-state index contributed by atoms with van der Waals surface area (Å²) in [4.78, 5) is 2.50. The summed E-state index contributed by atoms with van der Waals surface area (Å²) in [6, 6.07) is 0. The molecule has 2 nitrogen and oxygen atoms in total. The molecule has 0 radical (unpaired) electrons. The van der Waals surface area contributed by atoms with Gasteiger partial charge in [-0.1, -0.05) is 0 Å². The van der Waals surface area contributed by atoms with Crippen LogP contribution in [0.25, 0.3) is 0 Å². The number of fused-ring (bicyclic) bond motifs is 2. The van der Waals surface area contributed by atoms with Crippen molar-refractivity contribution < 1.29 is 5.11 Å². The molecule has 0 aromatic rings. The Morgan fingerprint density at radius 2 is 1.82 bits per heavy atom. The van der Waals surface area contributed by atoms with Gasteiger partial charge in [-0.05, 0) is 38.8 Å². The zero-order chi connectivity index (χ0) is 7.73. The highest BCUT2D eigenvalue weighted by atomic mass is 16.3. The predicted octanol–water partition coefficient (Wildman–Crippen LogP) is 0.855. The summed E-state index contributed by atoms with van der Waals surface area (Å²) >= 11 is 0. The average Bonchev–Trinajstić information content (AvgIpc) is 2.05. The van der Waals surface area contributed by atoms with Crippen LogP contribution in [0.15, 0.2) is 0 Å². The van der Waals surface area contributed by atoms with Crippen molar-refractivity contribution in [2.45, 2.75) is 25.7 Å². The van der Waals surface area contributed by atoms with Crippen molar-refractivity contribution in [1.82, 2.24) is 4.90 Å². The van der Waals surface area contributed by atoms with Crippen molar-refractivity contribution in [2.24, 2.45) is 5.41 Å². The smallest absolute Gasteiger partial charge is 0.0499 e. The lowest BCUT2D eigenvalue weighted by Crippen LogP contribution is -2.49. The quantitative estimate of drug-likeness (QED) is 0.607. The molecule has 0 aliphatic carbocycles. The van der Waals surface area contributed by atoms with Crippen LogP contribution in [-0.4, -0.2) is 36.2 Å². The van der Waals surface area contributed by atoms with Crippen LogP contribution in [0.4, 0.5) is 0 Å². The van der Waals surface area contributed by atoms with Gasteiger partial charge in [-0.2, -0.15) is 0 Å². The van der Waals surface area contributed by atoms with Crippen LogP contribution in [0.5, 0.6) is 0 Å². The molecule has 64 valence electrons. The first-order valence-electron chi connectivity index (χ1n) is 4.68. The van der Waals surface area contributed by atoms with E-state index >= 15 is 0 Å². The fraction of sp³-hybridized carbons (Fsp3) is 1.00. The molecular formula is C9H17NO. The Hall–Kier alpha value is -0.0800. The molecule has 0 atom stereocenters. The Morgan fingerprint density at radius 1 is 1.18 bits per heavy atom. The van der Waals surface area contributed by atoms with E-state index in [-0.39, 0.29) is 0 Å². The maximum atomic E-state index is 9.27. The number of hydrogen-bond donors (Lipinski definition) is 1. The SMILES string of the molecule is OCC12CCCN(CCC1)C2. The summed E-state index contributed by atoms with van der Waals surface area (Å²) in [5.74, 6) is 0. The van der Waals surface area contributed by atoms with Crippen LogP contribution in [0.3, 0.4) is 0 Å². The first-order chi connectivity index (χ1) is 5.35. The Morgan fingerprint density at radius 3 is 2.27 bits per heavy atom. The van der Waals surface area contributed by atoms with E-state index in [1.165, 1.54) is 38.8 Å². The van der Waals surface area contributed by atoms with Gasteiger partial charge in [0, 0.05) is 18.6 Å². The molecule has 11 heavy (non-hydrogen) atoms. The fourth-order valence-corrected chi connectivity index (χ4v) is 2.59. The predicted molar refractivity (Wildman–Crippen MR) is 44.4 cm³/mol. The molecule has 1 N–H and O–H groups in total. The minimum absolute atomic E-state index is 0.302. The van der Waals surface area contributed by atoms with Crippen molar-refractivity contribution in [1.29, 1.82) is 0 Å². The Labute approximate surface area is 68.2 Å². The third-order valence-corrected chi connectivity index (χ3v) is 3.26. The van der Waals surface area contributed by atoms with Gasteiger partial charge in [-0.3, -0.25) is 0 Å². The van der Waals surface area contributed by atoms with Crippen LogP contribution in [-0.2, 0) is 0 Å². The first kappa shape index (κ1) is 7.56. The third-order valence-electron chi connectivity index (χ3n) is 3.26. The number of aliphatic hydroxyl groups excluding tert-OH is 1. The summed E-state index contributed by atoms with van der Waals surface area (Å²) in [5.41, 5.74) is 0.302. The molecule has 0 spiro atoms. The van der Waals surface area contributed by atoms with Crippen molar-refractivity contribution in [2.75, 3.05) is 26.2 Å². The number of rotatable bonds is 1. The molecule has 2 saturated heterocycles. The molecule has 0 amide bonds. The maximum Gasteiger partial charge on any atom is 0.0499 e. The number of piperidine rings is 2. The molecular weight excluding hydrogens is 138 g/mol. The summed E-state index contributed by atoms with van der Waals surface area (Å²) in [6.45, 7) is 4.09. The van der Waals surface area contributed by atoms with Crippen molar-refractivity contribution in [3.05, 3.63) is 0 Å². The Kier molecular flexibility index (Phi) is 1.90. The zero-order valence-electron chi connectivity index (χ0n) is 7.05. The second-order valence-electron chi connectivity index (χ2n) is 4.14. The molecule has 2 fully saturated rings. The fourth-order valence-electron chi connectivity index (χ4n) is 2.59.